The van der Waals surface area contributed by atoms with Crippen LogP contribution in [0, 0.1) is 18.3 Å². The van der Waals surface area contributed by atoms with E-state index in [0.717, 1.165) is 11.6 Å². The van der Waals surface area contributed by atoms with E-state index in [4.69, 9.17) is 9.47 Å². The molecule has 28 heavy (non-hydrogen) atoms. The summed E-state index contributed by atoms with van der Waals surface area (Å²) < 4.78 is 12.0. The summed E-state index contributed by atoms with van der Waals surface area (Å²) in [6, 6.07) is 14.1. The van der Waals surface area contributed by atoms with Gasteiger partial charge in [-0.25, -0.2) is 4.79 Å². The standard InChI is InChI=1S/C21H17N3O4/c1-3-27-21(26)15(13-22)12-17-19(28-16-9-5-4-6-10-16)23-18-14(2)8-7-11-24(18)20(17)25/h4-12H,3H2,1-2H3. The zero-order chi connectivity index (χ0) is 20.1. The maximum atomic E-state index is 13.1. The van der Waals surface area contributed by atoms with E-state index in [9.17, 15) is 14.9 Å². The van der Waals surface area contributed by atoms with Crippen LogP contribution in [-0.4, -0.2) is 22.0 Å². The third kappa shape index (κ3) is 3.76. The minimum Gasteiger partial charge on any atom is -0.462 e. The first-order valence-electron chi connectivity index (χ1n) is 8.59. The van der Waals surface area contributed by atoms with Gasteiger partial charge in [-0.2, -0.15) is 10.2 Å². The summed E-state index contributed by atoms with van der Waals surface area (Å²) in [5, 5.41) is 9.32. The van der Waals surface area contributed by atoms with Crippen molar-refractivity contribution >= 4 is 17.7 Å². The number of aromatic nitrogens is 2. The summed E-state index contributed by atoms with van der Waals surface area (Å²) in [7, 11) is 0. The molecule has 0 saturated heterocycles. The average molecular weight is 375 g/mol. The van der Waals surface area contributed by atoms with Crippen molar-refractivity contribution < 1.29 is 14.3 Å². The summed E-state index contributed by atoms with van der Waals surface area (Å²) in [4.78, 5) is 29.5. The molecule has 1 aromatic carbocycles. The normalized spacial score (nSPS) is 11.1. The number of para-hydroxylation sites is 1. The van der Waals surface area contributed by atoms with Gasteiger partial charge in [0.05, 0.1) is 6.61 Å². The lowest BCUT2D eigenvalue weighted by atomic mass is 10.2. The fourth-order valence-electron chi connectivity index (χ4n) is 2.58. The Morgan fingerprint density at radius 2 is 2.00 bits per heavy atom. The van der Waals surface area contributed by atoms with E-state index >= 15 is 0 Å². The monoisotopic (exact) mass is 375 g/mol. The number of nitriles is 1. The Bertz CT molecular complexity index is 1160. The SMILES string of the molecule is CCOC(=O)C(C#N)=Cc1c(Oc2ccccc2)nc2c(C)cccn2c1=O. The number of nitrogens with zero attached hydrogens (tertiary/aromatic N) is 3. The highest BCUT2D eigenvalue weighted by atomic mass is 16.5. The molecule has 0 aliphatic carbocycles. The van der Waals surface area contributed by atoms with Crippen molar-refractivity contribution in [3.8, 4) is 17.7 Å². The van der Waals surface area contributed by atoms with Crippen molar-refractivity contribution in [3.63, 3.8) is 0 Å². The van der Waals surface area contributed by atoms with E-state index in [0.29, 0.717) is 11.4 Å². The van der Waals surface area contributed by atoms with Gasteiger partial charge in [0.1, 0.15) is 28.6 Å². The van der Waals surface area contributed by atoms with Gasteiger partial charge in [0.15, 0.2) is 0 Å². The number of benzene rings is 1. The fourth-order valence-corrected chi connectivity index (χ4v) is 2.58. The van der Waals surface area contributed by atoms with Crippen molar-refractivity contribution in [1.29, 1.82) is 5.26 Å². The molecule has 0 saturated carbocycles. The quantitative estimate of drug-likeness (QED) is 0.386. The summed E-state index contributed by atoms with van der Waals surface area (Å²) >= 11 is 0. The van der Waals surface area contributed by atoms with Crippen LogP contribution in [0.25, 0.3) is 11.7 Å². The number of esters is 1. The molecule has 0 atom stereocenters. The molecule has 0 fully saturated rings. The van der Waals surface area contributed by atoms with Gasteiger partial charge in [0.25, 0.3) is 5.56 Å². The highest BCUT2D eigenvalue weighted by Gasteiger charge is 2.18. The first kappa shape index (κ1) is 18.9. The van der Waals surface area contributed by atoms with Crippen LogP contribution < -0.4 is 10.3 Å². The topological polar surface area (TPSA) is 93.7 Å². The summed E-state index contributed by atoms with van der Waals surface area (Å²) in [6.45, 7) is 3.56. The van der Waals surface area contributed by atoms with Gasteiger partial charge >= 0.3 is 5.97 Å². The molecule has 140 valence electrons. The lowest BCUT2D eigenvalue weighted by Crippen LogP contribution is -2.20. The number of carbonyl (C=O) groups is 1. The van der Waals surface area contributed by atoms with Crippen LogP contribution in [0.2, 0.25) is 0 Å². The first-order chi connectivity index (χ1) is 13.5. The van der Waals surface area contributed by atoms with Gasteiger partial charge in [-0.05, 0) is 43.7 Å². The van der Waals surface area contributed by atoms with Gasteiger partial charge < -0.3 is 9.47 Å². The minimum absolute atomic E-state index is 0.00236. The Labute approximate surface area is 161 Å². The van der Waals surface area contributed by atoms with Crippen molar-refractivity contribution in [2.75, 3.05) is 6.61 Å². The average Bonchev–Trinajstić information content (AvgIpc) is 2.70. The van der Waals surface area contributed by atoms with E-state index in [1.807, 2.05) is 19.1 Å². The van der Waals surface area contributed by atoms with Gasteiger partial charge in [0, 0.05) is 6.20 Å². The Morgan fingerprint density at radius 1 is 1.25 bits per heavy atom. The van der Waals surface area contributed by atoms with Crippen LogP contribution in [0.1, 0.15) is 18.1 Å². The highest BCUT2D eigenvalue weighted by Crippen LogP contribution is 2.24. The molecule has 3 aromatic rings. The van der Waals surface area contributed by atoms with Crippen LogP contribution >= 0.6 is 0 Å². The van der Waals surface area contributed by atoms with Crippen LogP contribution in [0.3, 0.4) is 0 Å². The molecule has 7 nitrogen and oxygen atoms in total. The molecule has 0 radical (unpaired) electrons. The van der Waals surface area contributed by atoms with Gasteiger partial charge in [-0.3, -0.25) is 9.20 Å². The molecular formula is C21H17N3O4. The van der Waals surface area contributed by atoms with Gasteiger partial charge in [-0.1, -0.05) is 24.3 Å². The molecule has 0 N–H and O–H groups in total. The second kappa shape index (κ2) is 8.18. The van der Waals surface area contributed by atoms with Crippen LogP contribution in [0.4, 0.5) is 0 Å². The molecule has 0 amide bonds. The number of hydrogen-bond donors (Lipinski definition) is 0. The van der Waals surface area contributed by atoms with Gasteiger partial charge in [-0.15, -0.1) is 0 Å². The van der Waals surface area contributed by atoms with Crippen molar-refractivity contribution in [3.05, 3.63) is 75.7 Å². The predicted molar refractivity (Wildman–Crippen MR) is 103 cm³/mol. The van der Waals surface area contributed by atoms with Crippen LogP contribution in [0.5, 0.6) is 11.6 Å². The van der Waals surface area contributed by atoms with E-state index in [1.165, 1.54) is 4.40 Å². The number of carbonyl (C=O) groups excluding carboxylic acids is 1. The molecule has 0 bridgehead atoms. The Kier molecular flexibility index (Phi) is 5.51. The number of fused-ring (bicyclic) bond motifs is 1. The maximum Gasteiger partial charge on any atom is 0.348 e. The molecule has 0 aliphatic heterocycles. The smallest absolute Gasteiger partial charge is 0.348 e. The van der Waals surface area contributed by atoms with Crippen molar-refractivity contribution in [2.45, 2.75) is 13.8 Å². The second-order valence-electron chi connectivity index (χ2n) is 5.83. The highest BCUT2D eigenvalue weighted by molar-refractivity contribution is 5.98. The lowest BCUT2D eigenvalue weighted by Gasteiger charge is -2.11. The molecular weight excluding hydrogens is 358 g/mol. The van der Waals surface area contributed by atoms with E-state index in [1.54, 1.807) is 49.5 Å². The predicted octanol–water partition coefficient (Wildman–Crippen LogP) is 3.27. The number of hydrogen-bond acceptors (Lipinski definition) is 6. The number of ether oxygens (including phenoxy) is 2. The molecule has 0 spiro atoms. The molecule has 0 unspecified atom stereocenters. The second-order valence-corrected chi connectivity index (χ2v) is 5.83. The molecule has 7 heteroatoms. The number of pyridine rings is 1. The first-order valence-corrected chi connectivity index (χ1v) is 8.59. The number of rotatable bonds is 5. The maximum absolute atomic E-state index is 13.1. The van der Waals surface area contributed by atoms with Crippen LogP contribution in [0.15, 0.2) is 59.0 Å². The van der Waals surface area contributed by atoms with E-state index in [-0.39, 0.29) is 23.6 Å². The summed E-state index contributed by atoms with van der Waals surface area (Å²) in [5.74, 6) is -0.344. The zero-order valence-corrected chi connectivity index (χ0v) is 15.4. The largest absolute Gasteiger partial charge is 0.462 e. The van der Waals surface area contributed by atoms with E-state index < -0.39 is 11.5 Å². The molecule has 2 heterocycles. The minimum atomic E-state index is -0.815. The van der Waals surface area contributed by atoms with Crippen molar-refractivity contribution in [2.24, 2.45) is 0 Å². The van der Waals surface area contributed by atoms with Crippen LogP contribution in [-0.2, 0) is 9.53 Å². The number of aryl methyl sites for hydroxylation is 1. The van der Waals surface area contributed by atoms with E-state index in [2.05, 4.69) is 4.98 Å². The van der Waals surface area contributed by atoms with Crippen molar-refractivity contribution in [1.82, 2.24) is 9.38 Å². The molecule has 0 aliphatic rings. The third-order valence-electron chi connectivity index (χ3n) is 3.91. The zero-order valence-electron chi connectivity index (χ0n) is 15.4. The Morgan fingerprint density at radius 3 is 2.68 bits per heavy atom. The Balaban J connectivity index is 2.25. The summed E-state index contributed by atoms with van der Waals surface area (Å²) in [5.41, 5.74) is 0.406. The molecule has 3 rings (SSSR count). The van der Waals surface area contributed by atoms with Gasteiger partial charge in [0.2, 0.25) is 5.88 Å². The fraction of sp³-hybridized carbons (Fsp3) is 0.143. The molecule has 2 aromatic heterocycles. The Hall–Kier alpha value is -3.92. The third-order valence-corrected chi connectivity index (χ3v) is 3.91. The summed E-state index contributed by atoms with van der Waals surface area (Å²) in [6.07, 6.45) is 2.72. The lowest BCUT2D eigenvalue weighted by molar-refractivity contribution is -0.137.